The van der Waals surface area contributed by atoms with Crippen LogP contribution in [0.4, 0.5) is 0 Å². The lowest BCUT2D eigenvalue weighted by Crippen LogP contribution is -2.22. The van der Waals surface area contributed by atoms with Crippen LogP contribution in [0.2, 0.25) is 0 Å². The summed E-state index contributed by atoms with van der Waals surface area (Å²) in [7, 11) is 0. The van der Waals surface area contributed by atoms with E-state index in [1.54, 1.807) is 12.3 Å². The van der Waals surface area contributed by atoms with Crippen molar-refractivity contribution < 1.29 is 4.74 Å². The van der Waals surface area contributed by atoms with Crippen LogP contribution in [-0.4, -0.2) is 26.5 Å². The van der Waals surface area contributed by atoms with Crippen LogP contribution in [0, 0.1) is 13.8 Å². The van der Waals surface area contributed by atoms with E-state index < -0.39 is 0 Å². The van der Waals surface area contributed by atoms with Crippen molar-refractivity contribution in [2.45, 2.75) is 60.0 Å². The molecule has 0 radical (unpaired) electrons. The van der Waals surface area contributed by atoms with Crippen molar-refractivity contribution in [1.29, 1.82) is 0 Å². The molecule has 0 amide bonds. The van der Waals surface area contributed by atoms with Gasteiger partial charge in [-0.05, 0) is 82.1 Å². The Kier molecular flexibility index (Phi) is 7.55. The van der Waals surface area contributed by atoms with Gasteiger partial charge in [-0.1, -0.05) is 29.8 Å². The van der Waals surface area contributed by atoms with Gasteiger partial charge in [0.1, 0.15) is 11.6 Å². The third kappa shape index (κ3) is 5.25. The molecule has 6 nitrogen and oxygen atoms in total. The highest BCUT2D eigenvalue weighted by Gasteiger charge is 2.13. The van der Waals surface area contributed by atoms with E-state index in [1.165, 1.54) is 4.68 Å². The van der Waals surface area contributed by atoms with Crippen molar-refractivity contribution >= 4 is 33.0 Å². The number of nitrogens with zero attached hydrogens (tertiary/aromatic N) is 4. The minimum absolute atomic E-state index is 0.165. The minimum atomic E-state index is -0.165. The van der Waals surface area contributed by atoms with E-state index in [2.05, 4.69) is 78.4 Å². The van der Waals surface area contributed by atoms with Gasteiger partial charge in [-0.25, -0.2) is 4.98 Å². The fourth-order valence-corrected chi connectivity index (χ4v) is 4.49. The maximum absolute atomic E-state index is 13.3. The topological polar surface area (TPSA) is 61.4 Å². The highest BCUT2D eigenvalue weighted by molar-refractivity contribution is 9.10. The third-order valence-corrected chi connectivity index (χ3v) is 6.63. The van der Waals surface area contributed by atoms with Gasteiger partial charge in [0.15, 0.2) is 0 Å². The van der Waals surface area contributed by atoms with E-state index in [1.807, 2.05) is 24.3 Å². The summed E-state index contributed by atoms with van der Waals surface area (Å²) in [5.41, 5.74) is 4.65. The van der Waals surface area contributed by atoms with Gasteiger partial charge in [0.05, 0.1) is 23.2 Å². The van der Waals surface area contributed by atoms with Gasteiger partial charge in [-0.15, -0.1) is 0 Å². The van der Waals surface area contributed by atoms with Crippen LogP contribution in [0.5, 0.6) is 5.75 Å². The molecule has 0 spiro atoms. The molecule has 0 aliphatic rings. The summed E-state index contributed by atoms with van der Waals surface area (Å²) in [6, 6.07) is 15.8. The molecule has 35 heavy (non-hydrogen) atoms. The van der Waals surface area contributed by atoms with Crippen molar-refractivity contribution in [3.05, 3.63) is 86.1 Å². The van der Waals surface area contributed by atoms with Crippen LogP contribution >= 0.6 is 15.9 Å². The molecule has 0 saturated heterocycles. The van der Waals surface area contributed by atoms with Crippen LogP contribution in [-0.2, 0) is 6.42 Å². The van der Waals surface area contributed by atoms with E-state index in [9.17, 15) is 4.79 Å². The first kappa shape index (κ1) is 24.9. The van der Waals surface area contributed by atoms with Gasteiger partial charge >= 0.3 is 0 Å². The first-order valence-corrected chi connectivity index (χ1v) is 12.8. The Bertz CT molecular complexity index is 1430. The number of benzene rings is 2. The second-order valence-corrected chi connectivity index (χ2v) is 9.71. The highest BCUT2D eigenvalue weighted by Crippen LogP contribution is 2.23. The number of fused-ring (bicyclic) bond motifs is 1. The maximum atomic E-state index is 13.3. The average molecular weight is 535 g/mol. The standard InChI is InChI=1S/C28H31BrN4O2/c1-6-8-27-31-26-14-9-22(29)16-25(26)28(34)33(27)30-17-21-15-18(3)32(20(21)5)23-10-12-24(13-11-23)35-19(4)7-2/h9-17,19H,6-8H2,1-5H3/t19-/m1/s1. The Morgan fingerprint density at radius 2 is 1.86 bits per heavy atom. The largest absolute Gasteiger partial charge is 0.491 e. The molecule has 0 bridgehead atoms. The molecular formula is C28H31BrN4O2. The van der Waals surface area contributed by atoms with Crippen LogP contribution in [0.25, 0.3) is 16.6 Å². The summed E-state index contributed by atoms with van der Waals surface area (Å²) in [6.45, 7) is 10.4. The first-order chi connectivity index (χ1) is 16.8. The number of aryl methyl sites for hydroxylation is 2. The Morgan fingerprint density at radius 3 is 2.54 bits per heavy atom. The second-order valence-electron chi connectivity index (χ2n) is 8.79. The molecule has 0 aliphatic heterocycles. The average Bonchev–Trinajstić information content (AvgIpc) is 3.13. The van der Waals surface area contributed by atoms with Crippen molar-refractivity contribution in [2.75, 3.05) is 0 Å². The van der Waals surface area contributed by atoms with Crippen molar-refractivity contribution in [1.82, 2.24) is 14.2 Å². The predicted molar refractivity (Wildman–Crippen MR) is 146 cm³/mol. The molecular weight excluding hydrogens is 504 g/mol. The number of halogens is 1. The smallest absolute Gasteiger partial charge is 0.282 e. The van der Waals surface area contributed by atoms with Crippen molar-refractivity contribution in [3.63, 3.8) is 0 Å². The van der Waals surface area contributed by atoms with Crippen LogP contribution < -0.4 is 10.3 Å². The van der Waals surface area contributed by atoms with Gasteiger partial charge in [-0.2, -0.15) is 9.78 Å². The molecule has 1 atom stereocenters. The molecule has 2 aromatic carbocycles. The van der Waals surface area contributed by atoms with Crippen LogP contribution in [0.15, 0.2) is 62.9 Å². The summed E-state index contributed by atoms with van der Waals surface area (Å²) in [4.78, 5) is 18.0. The third-order valence-electron chi connectivity index (χ3n) is 6.14. The van der Waals surface area contributed by atoms with Crippen LogP contribution in [0.1, 0.15) is 56.4 Å². The van der Waals surface area contributed by atoms with E-state index >= 15 is 0 Å². The molecule has 0 unspecified atom stereocenters. The van der Waals surface area contributed by atoms with Gasteiger partial charge < -0.3 is 9.30 Å². The molecule has 2 heterocycles. The monoisotopic (exact) mass is 534 g/mol. The molecule has 0 fully saturated rings. The summed E-state index contributed by atoms with van der Waals surface area (Å²) < 4.78 is 10.4. The second kappa shape index (κ2) is 10.6. The molecule has 2 aromatic heterocycles. The first-order valence-electron chi connectivity index (χ1n) is 12.0. The molecule has 0 saturated carbocycles. The molecule has 7 heteroatoms. The zero-order valence-corrected chi connectivity index (χ0v) is 22.5. The molecule has 0 aliphatic carbocycles. The molecule has 0 N–H and O–H groups in total. The summed E-state index contributed by atoms with van der Waals surface area (Å²) >= 11 is 3.45. The Labute approximate surface area is 214 Å². The van der Waals surface area contributed by atoms with Crippen molar-refractivity contribution in [2.24, 2.45) is 5.10 Å². The SMILES string of the molecule is CCCc1nc2ccc(Br)cc2c(=O)n1N=Cc1cc(C)n(-c2ccc(O[C@H](C)CC)cc2)c1C. The number of ether oxygens (including phenoxy) is 1. The number of aromatic nitrogens is 3. The fourth-order valence-electron chi connectivity index (χ4n) is 4.12. The predicted octanol–water partition coefficient (Wildman–Crippen LogP) is 6.58. The maximum Gasteiger partial charge on any atom is 0.282 e. The van der Waals surface area contributed by atoms with Crippen LogP contribution in [0.3, 0.4) is 0 Å². The number of hydrogen-bond donors (Lipinski definition) is 0. The lowest BCUT2D eigenvalue weighted by atomic mass is 10.2. The number of rotatable bonds is 8. The fraction of sp³-hybridized carbons (Fsp3) is 0.321. The van der Waals surface area contributed by atoms with Gasteiger partial charge in [-0.3, -0.25) is 4.79 Å². The normalized spacial score (nSPS) is 12.5. The highest BCUT2D eigenvalue weighted by atomic mass is 79.9. The number of hydrogen-bond acceptors (Lipinski definition) is 4. The van der Waals surface area contributed by atoms with E-state index in [0.29, 0.717) is 23.1 Å². The Hall–Kier alpha value is -3.19. The molecule has 4 rings (SSSR count). The summed E-state index contributed by atoms with van der Waals surface area (Å²) in [5.74, 6) is 1.53. The van der Waals surface area contributed by atoms with Gasteiger partial charge in [0, 0.05) is 33.5 Å². The van der Waals surface area contributed by atoms with E-state index in [0.717, 1.165) is 45.7 Å². The van der Waals surface area contributed by atoms with Crippen molar-refractivity contribution in [3.8, 4) is 11.4 Å². The Morgan fingerprint density at radius 1 is 1.11 bits per heavy atom. The van der Waals surface area contributed by atoms with E-state index in [4.69, 9.17) is 9.72 Å². The summed E-state index contributed by atoms with van der Waals surface area (Å²) in [6.07, 6.45) is 4.45. The lowest BCUT2D eigenvalue weighted by molar-refractivity contribution is 0.217. The van der Waals surface area contributed by atoms with Gasteiger partial charge in [0.2, 0.25) is 0 Å². The summed E-state index contributed by atoms with van der Waals surface area (Å²) in [5, 5.41) is 5.15. The lowest BCUT2D eigenvalue weighted by Gasteiger charge is -2.14. The van der Waals surface area contributed by atoms with Gasteiger partial charge in [0.25, 0.3) is 5.56 Å². The van der Waals surface area contributed by atoms with E-state index in [-0.39, 0.29) is 11.7 Å². The quantitative estimate of drug-likeness (QED) is 0.240. The minimum Gasteiger partial charge on any atom is -0.491 e. The molecule has 182 valence electrons. The zero-order chi connectivity index (χ0) is 25.1. The Balaban J connectivity index is 1.70. The zero-order valence-electron chi connectivity index (χ0n) is 20.9. The molecule has 4 aromatic rings.